The number of amides is 2. The number of nitrogens with zero attached hydrogens (tertiary/aromatic N) is 1. The number of likely N-dealkylation sites (N-methyl/N-ethyl adjacent to an activating group) is 1. The van der Waals surface area contributed by atoms with Crippen LogP contribution in [-0.4, -0.2) is 42.7 Å². The molecule has 0 saturated heterocycles. The number of carbonyl (C=O) groups is 2. The minimum atomic E-state index is -4.09. The van der Waals surface area contributed by atoms with Gasteiger partial charge in [-0.2, -0.15) is 4.31 Å². The van der Waals surface area contributed by atoms with E-state index in [1.807, 2.05) is 0 Å². The Morgan fingerprint density at radius 3 is 2.33 bits per heavy atom. The Balaban J connectivity index is 1.58. The molecule has 5 rings (SSSR count). The number of halogens is 2. The highest BCUT2D eigenvalue weighted by atomic mass is 35.5. The van der Waals surface area contributed by atoms with Crippen molar-refractivity contribution in [2.75, 3.05) is 6.54 Å². The molecule has 0 aliphatic heterocycles. The van der Waals surface area contributed by atoms with Crippen LogP contribution in [0.1, 0.15) is 52.9 Å². The SMILES string of the molecule is CCN(C(C)(C)C(=O)NC1C2CC3CC1CC(C(N)=O)(C3)C2)S(=O)(=O)c1cccc(Cl)c1Cl. The van der Waals surface area contributed by atoms with E-state index in [0.29, 0.717) is 18.8 Å². The Morgan fingerprint density at radius 2 is 1.79 bits per heavy atom. The van der Waals surface area contributed by atoms with Gasteiger partial charge < -0.3 is 11.1 Å². The maximum absolute atomic E-state index is 13.5. The molecule has 0 aromatic heterocycles. The molecule has 4 fully saturated rings. The summed E-state index contributed by atoms with van der Waals surface area (Å²) in [5, 5.41) is 3.24. The minimum Gasteiger partial charge on any atom is -0.369 e. The van der Waals surface area contributed by atoms with Crippen molar-refractivity contribution >= 4 is 45.0 Å². The van der Waals surface area contributed by atoms with E-state index in [0.717, 1.165) is 23.6 Å². The third-order valence-electron chi connectivity index (χ3n) is 8.04. The summed E-state index contributed by atoms with van der Waals surface area (Å²) < 4.78 is 28.1. The Labute approximate surface area is 205 Å². The Morgan fingerprint density at radius 1 is 1.18 bits per heavy atom. The molecular weight excluding hydrogens is 485 g/mol. The topological polar surface area (TPSA) is 110 Å². The van der Waals surface area contributed by atoms with Crippen molar-refractivity contribution in [3.05, 3.63) is 28.2 Å². The third kappa shape index (κ3) is 3.97. The van der Waals surface area contributed by atoms with Crippen LogP contribution in [0.25, 0.3) is 0 Å². The normalized spacial score (nSPS) is 31.1. The monoisotopic (exact) mass is 515 g/mol. The first-order valence-corrected chi connectivity index (χ1v) is 13.6. The summed E-state index contributed by atoms with van der Waals surface area (Å²) in [6.07, 6.45) is 4.16. The van der Waals surface area contributed by atoms with Gasteiger partial charge in [0.2, 0.25) is 21.8 Å². The van der Waals surface area contributed by atoms with Crippen LogP contribution in [-0.2, 0) is 19.6 Å². The van der Waals surface area contributed by atoms with Crippen LogP contribution in [0.4, 0.5) is 0 Å². The van der Waals surface area contributed by atoms with E-state index < -0.39 is 21.0 Å². The largest absolute Gasteiger partial charge is 0.369 e. The zero-order valence-electron chi connectivity index (χ0n) is 19.1. The van der Waals surface area contributed by atoms with E-state index in [4.69, 9.17) is 28.9 Å². The van der Waals surface area contributed by atoms with Gasteiger partial charge in [0, 0.05) is 18.0 Å². The lowest BCUT2D eigenvalue weighted by Gasteiger charge is -2.59. The van der Waals surface area contributed by atoms with Gasteiger partial charge in [-0.05, 0) is 75.8 Å². The van der Waals surface area contributed by atoms with Crippen LogP contribution in [0.2, 0.25) is 10.0 Å². The molecule has 4 aliphatic rings. The van der Waals surface area contributed by atoms with Crippen LogP contribution in [0.3, 0.4) is 0 Å². The van der Waals surface area contributed by atoms with E-state index in [9.17, 15) is 18.0 Å². The predicted molar refractivity (Wildman–Crippen MR) is 127 cm³/mol. The molecule has 4 aliphatic carbocycles. The number of sulfonamides is 1. The molecule has 1 aromatic rings. The summed E-state index contributed by atoms with van der Waals surface area (Å²) in [5.74, 6) is 0.231. The first-order valence-electron chi connectivity index (χ1n) is 11.4. The fraction of sp³-hybridized carbons (Fsp3) is 0.652. The lowest BCUT2D eigenvalue weighted by Crippen LogP contribution is -2.65. The summed E-state index contributed by atoms with van der Waals surface area (Å²) in [4.78, 5) is 25.6. The zero-order chi connectivity index (χ0) is 24.3. The second-order valence-corrected chi connectivity index (χ2v) is 13.0. The molecule has 10 heteroatoms. The van der Waals surface area contributed by atoms with Gasteiger partial charge in [-0.1, -0.05) is 36.2 Å². The highest BCUT2D eigenvalue weighted by Gasteiger charge is 2.58. The van der Waals surface area contributed by atoms with Crippen molar-refractivity contribution in [3.63, 3.8) is 0 Å². The molecule has 2 atom stereocenters. The van der Waals surface area contributed by atoms with Crippen molar-refractivity contribution in [3.8, 4) is 0 Å². The van der Waals surface area contributed by atoms with E-state index in [2.05, 4.69) is 5.32 Å². The number of nitrogens with one attached hydrogen (secondary N) is 1. The number of primary amides is 1. The van der Waals surface area contributed by atoms with E-state index in [1.165, 1.54) is 18.2 Å². The van der Waals surface area contributed by atoms with Crippen molar-refractivity contribution in [1.29, 1.82) is 0 Å². The number of carbonyl (C=O) groups excluding carboxylic acids is 2. The van der Waals surface area contributed by atoms with Crippen LogP contribution in [0.5, 0.6) is 0 Å². The number of benzene rings is 1. The van der Waals surface area contributed by atoms with Crippen LogP contribution in [0, 0.1) is 23.2 Å². The number of rotatable bonds is 7. The Kier molecular flexibility index (Phi) is 6.30. The number of nitrogens with two attached hydrogens (primary N) is 1. The van der Waals surface area contributed by atoms with Gasteiger partial charge in [-0.25, -0.2) is 8.42 Å². The molecule has 1 aromatic carbocycles. The van der Waals surface area contributed by atoms with Gasteiger partial charge in [0.1, 0.15) is 10.4 Å². The van der Waals surface area contributed by atoms with Crippen molar-refractivity contribution in [2.45, 2.75) is 69.4 Å². The Hall–Kier alpha value is -1.35. The summed E-state index contributed by atoms with van der Waals surface area (Å²) in [5.41, 5.74) is 3.96. The van der Waals surface area contributed by atoms with Crippen LogP contribution in [0.15, 0.2) is 23.1 Å². The summed E-state index contributed by atoms with van der Waals surface area (Å²) in [6, 6.07) is 4.34. The molecule has 4 saturated carbocycles. The smallest absolute Gasteiger partial charge is 0.245 e. The molecule has 0 radical (unpaired) electrons. The van der Waals surface area contributed by atoms with Crippen molar-refractivity contribution in [2.24, 2.45) is 28.9 Å². The van der Waals surface area contributed by atoms with Gasteiger partial charge in [0.15, 0.2) is 0 Å². The molecule has 0 heterocycles. The predicted octanol–water partition coefficient (Wildman–Crippen LogP) is 3.58. The van der Waals surface area contributed by atoms with E-state index in [-0.39, 0.29) is 51.2 Å². The van der Waals surface area contributed by atoms with Crippen LogP contribution >= 0.6 is 23.2 Å². The average Bonchev–Trinajstić information content (AvgIpc) is 2.71. The molecule has 4 bridgehead atoms. The lowest BCUT2D eigenvalue weighted by atomic mass is 9.47. The lowest BCUT2D eigenvalue weighted by molar-refractivity contribution is -0.148. The quantitative estimate of drug-likeness (QED) is 0.577. The highest BCUT2D eigenvalue weighted by molar-refractivity contribution is 7.89. The van der Waals surface area contributed by atoms with Gasteiger partial charge in [-0.15, -0.1) is 0 Å². The number of hydrogen-bond donors (Lipinski definition) is 2. The molecule has 3 N–H and O–H groups in total. The van der Waals surface area contributed by atoms with Crippen molar-refractivity contribution < 1.29 is 18.0 Å². The highest BCUT2D eigenvalue weighted by Crippen LogP contribution is 2.60. The average molecular weight is 516 g/mol. The first-order chi connectivity index (χ1) is 15.3. The molecule has 182 valence electrons. The van der Waals surface area contributed by atoms with Gasteiger partial charge in [-0.3, -0.25) is 9.59 Å². The Bertz CT molecular complexity index is 1080. The van der Waals surface area contributed by atoms with Gasteiger partial charge in [0.25, 0.3) is 0 Å². The maximum atomic E-state index is 13.5. The molecule has 2 amide bonds. The maximum Gasteiger partial charge on any atom is 0.245 e. The van der Waals surface area contributed by atoms with E-state index >= 15 is 0 Å². The second kappa shape index (κ2) is 8.40. The molecule has 0 spiro atoms. The zero-order valence-corrected chi connectivity index (χ0v) is 21.4. The minimum absolute atomic E-state index is 0.0633. The van der Waals surface area contributed by atoms with Crippen LogP contribution < -0.4 is 11.1 Å². The van der Waals surface area contributed by atoms with Crippen molar-refractivity contribution in [1.82, 2.24) is 9.62 Å². The van der Waals surface area contributed by atoms with E-state index in [1.54, 1.807) is 20.8 Å². The summed E-state index contributed by atoms with van der Waals surface area (Å²) >= 11 is 12.3. The second-order valence-electron chi connectivity index (χ2n) is 10.4. The number of hydrogen-bond acceptors (Lipinski definition) is 4. The fourth-order valence-electron chi connectivity index (χ4n) is 6.67. The molecule has 7 nitrogen and oxygen atoms in total. The molecular formula is C23H31Cl2N3O4S. The van der Waals surface area contributed by atoms with Gasteiger partial charge >= 0.3 is 0 Å². The third-order valence-corrected chi connectivity index (χ3v) is 11.2. The van der Waals surface area contributed by atoms with Gasteiger partial charge in [0.05, 0.1) is 10.0 Å². The molecule has 33 heavy (non-hydrogen) atoms. The molecule has 2 unspecified atom stereocenters. The first kappa shape index (κ1) is 24.8. The standard InChI is InChI=1S/C23H31Cl2N3O4S/c1-4-28(33(31,32)17-7-5-6-16(24)18(17)25)22(2,3)21(30)27-19-14-8-13-9-15(19)12-23(10-13,11-14)20(26)29/h5-7,13-15,19H,4,8-12H2,1-3H3,(H2,26,29)(H,27,30). The fourth-order valence-corrected chi connectivity index (χ4v) is 9.17. The summed E-state index contributed by atoms with van der Waals surface area (Å²) in [7, 11) is -4.09. The summed E-state index contributed by atoms with van der Waals surface area (Å²) in [6.45, 7) is 4.96.